The summed E-state index contributed by atoms with van der Waals surface area (Å²) >= 11 is 9.18. The molecule has 2 rings (SSSR count). The van der Waals surface area contributed by atoms with Crippen LogP contribution in [-0.4, -0.2) is 30.2 Å². The van der Waals surface area contributed by atoms with Crippen molar-refractivity contribution >= 4 is 50.8 Å². The molecule has 0 aliphatic carbocycles. The van der Waals surface area contributed by atoms with Crippen molar-refractivity contribution < 1.29 is 14.7 Å². The minimum absolute atomic E-state index is 0.128. The molecule has 2 aromatic rings. The maximum atomic E-state index is 12.1. The third-order valence-electron chi connectivity index (χ3n) is 2.95. The molecule has 0 heterocycles. The highest BCUT2D eigenvalue weighted by atomic mass is 79.9. The fourth-order valence-corrected chi connectivity index (χ4v) is 2.48. The molecule has 0 aliphatic rings. The highest BCUT2D eigenvalue weighted by Gasteiger charge is 2.14. The molecule has 0 unspecified atom stereocenters. The van der Waals surface area contributed by atoms with Gasteiger partial charge in [-0.05, 0) is 36.4 Å². The third-order valence-corrected chi connectivity index (χ3v) is 3.68. The highest BCUT2D eigenvalue weighted by Crippen LogP contribution is 2.22. The van der Waals surface area contributed by atoms with Crippen LogP contribution < -0.4 is 16.0 Å². The van der Waals surface area contributed by atoms with Crippen LogP contribution in [0.15, 0.2) is 46.9 Å². The maximum Gasteiger partial charge on any atom is 0.323 e. The Labute approximate surface area is 152 Å². The number of aliphatic hydroxyl groups excluding tert-OH is 1. The summed E-state index contributed by atoms with van der Waals surface area (Å²) in [5.41, 5.74) is 1.15. The average Bonchev–Trinajstić information content (AvgIpc) is 2.52. The Morgan fingerprint density at radius 2 is 1.92 bits per heavy atom. The average molecular weight is 413 g/mol. The van der Waals surface area contributed by atoms with E-state index in [-0.39, 0.29) is 18.7 Å². The molecule has 0 aromatic heterocycles. The van der Waals surface area contributed by atoms with Crippen LogP contribution in [0.2, 0.25) is 5.02 Å². The van der Waals surface area contributed by atoms with Crippen LogP contribution in [0.3, 0.4) is 0 Å². The van der Waals surface area contributed by atoms with E-state index in [0.29, 0.717) is 20.9 Å². The molecule has 0 saturated heterocycles. The molecule has 126 valence electrons. The second kappa shape index (κ2) is 8.68. The van der Waals surface area contributed by atoms with Crippen LogP contribution >= 0.6 is 27.5 Å². The van der Waals surface area contributed by atoms with Crippen molar-refractivity contribution in [2.24, 2.45) is 0 Å². The molecule has 4 N–H and O–H groups in total. The molecule has 3 amide bonds. The topological polar surface area (TPSA) is 90.5 Å². The number of hydrogen-bond acceptors (Lipinski definition) is 3. The zero-order valence-electron chi connectivity index (χ0n) is 12.5. The first-order valence-corrected chi connectivity index (χ1v) is 8.19. The number of aliphatic hydroxyl groups is 1. The number of halogens is 2. The van der Waals surface area contributed by atoms with Crippen molar-refractivity contribution in [3.05, 3.63) is 57.5 Å². The zero-order chi connectivity index (χ0) is 17.5. The summed E-state index contributed by atoms with van der Waals surface area (Å²) in [6, 6.07) is 11.1. The number of urea groups is 1. The minimum atomic E-state index is -0.508. The quantitative estimate of drug-likeness (QED) is 0.606. The Balaban J connectivity index is 2.14. The Bertz CT molecular complexity index is 755. The largest absolute Gasteiger partial charge is 0.395 e. The molecule has 0 aliphatic heterocycles. The Morgan fingerprint density at radius 3 is 2.62 bits per heavy atom. The molecule has 0 spiro atoms. The molecule has 6 nitrogen and oxygen atoms in total. The van der Waals surface area contributed by atoms with E-state index in [1.807, 2.05) is 0 Å². The summed E-state index contributed by atoms with van der Waals surface area (Å²) in [5.74, 6) is -0.394. The second-order valence-corrected chi connectivity index (χ2v) is 6.11. The number of carbonyl (C=O) groups excluding carboxylic acids is 2. The van der Waals surface area contributed by atoms with Crippen LogP contribution in [0, 0.1) is 0 Å². The number of nitrogens with one attached hydrogen (secondary N) is 3. The molecule has 8 heteroatoms. The molecule has 0 fully saturated rings. The van der Waals surface area contributed by atoms with Crippen molar-refractivity contribution in [1.82, 2.24) is 5.32 Å². The summed E-state index contributed by atoms with van der Waals surface area (Å²) in [7, 11) is 0. The molecule has 2 aromatic carbocycles. The summed E-state index contributed by atoms with van der Waals surface area (Å²) in [6.07, 6.45) is 0. The van der Waals surface area contributed by atoms with E-state index in [4.69, 9.17) is 16.7 Å². The summed E-state index contributed by atoms with van der Waals surface area (Å²) in [5, 5.41) is 17.1. The molecular formula is C16H15BrClN3O3. The van der Waals surface area contributed by atoms with Gasteiger partial charge in [0.05, 0.1) is 17.9 Å². The van der Waals surface area contributed by atoms with Crippen LogP contribution in [0.1, 0.15) is 10.4 Å². The highest BCUT2D eigenvalue weighted by molar-refractivity contribution is 9.10. The van der Waals surface area contributed by atoms with Crippen LogP contribution in [-0.2, 0) is 0 Å². The molecule has 24 heavy (non-hydrogen) atoms. The second-order valence-electron chi connectivity index (χ2n) is 4.76. The summed E-state index contributed by atoms with van der Waals surface area (Å²) < 4.78 is 0.708. The van der Waals surface area contributed by atoms with Crippen molar-refractivity contribution in [2.45, 2.75) is 0 Å². The van der Waals surface area contributed by atoms with Crippen LogP contribution in [0.25, 0.3) is 0 Å². The summed E-state index contributed by atoms with van der Waals surface area (Å²) in [6.45, 7) is -0.0384. The number of benzene rings is 2. The van der Waals surface area contributed by atoms with Gasteiger partial charge in [-0.2, -0.15) is 0 Å². The van der Waals surface area contributed by atoms with Gasteiger partial charge in [0.1, 0.15) is 0 Å². The van der Waals surface area contributed by atoms with Gasteiger partial charge >= 0.3 is 6.03 Å². The first kappa shape index (κ1) is 18.3. The lowest BCUT2D eigenvalue weighted by Gasteiger charge is -2.12. The molecule has 0 atom stereocenters. The van der Waals surface area contributed by atoms with Gasteiger partial charge in [-0.3, -0.25) is 4.79 Å². The first-order valence-electron chi connectivity index (χ1n) is 7.02. The van der Waals surface area contributed by atoms with Gasteiger partial charge in [-0.15, -0.1) is 0 Å². The third kappa shape index (κ3) is 5.23. The number of rotatable bonds is 5. The van der Waals surface area contributed by atoms with Crippen LogP contribution in [0.4, 0.5) is 16.2 Å². The predicted octanol–water partition coefficient (Wildman–Crippen LogP) is 3.47. The molecule has 0 radical (unpaired) electrons. The summed E-state index contributed by atoms with van der Waals surface area (Å²) in [4.78, 5) is 24.2. The SMILES string of the molecule is O=C(Nc1cccc(Cl)c1)Nc1cc(Br)ccc1C(=O)NCCO. The lowest BCUT2D eigenvalue weighted by Crippen LogP contribution is -2.28. The van der Waals surface area contributed by atoms with E-state index in [9.17, 15) is 9.59 Å². The van der Waals surface area contributed by atoms with Gasteiger partial charge in [-0.1, -0.05) is 33.6 Å². The van der Waals surface area contributed by atoms with Gasteiger partial charge in [-0.25, -0.2) is 4.79 Å². The van der Waals surface area contributed by atoms with E-state index in [0.717, 1.165) is 0 Å². The predicted molar refractivity (Wildman–Crippen MR) is 97.7 cm³/mol. The van der Waals surface area contributed by atoms with Crippen molar-refractivity contribution in [3.8, 4) is 0 Å². The smallest absolute Gasteiger partial charge is 0.323 e. The van der Waals surface area contributed by atoms with Crippen molar-refractivity contribution in [3.63, 3.8) is 0 Å². The van der Waals surface area contributed by atoms with Crippen molar-refractivity contribution in [1.29, 1.82) is 0 Å². The fraction of sp³-hybridized carbons (Fsp3) is 0.125. The standard InChI is InChI=1S/C16H15BrClN3O3/c17-10-4-5-13(15(23)19-6-7-22)14(8-10)21-16(24)20-12-3-1-2-11(18)9-12/h1-5,8-9,22H,6-7H2,(H,19,23)(H2,20,21,24). The van der Waals surface area contributed by atoms with E-state index in [1.165, 1.54) is 0 Å². The van der Waals surface area contributed by atoms with Crippen LogP contribution in [0.5, 0.6) is 0 Å². The normalized spacial score (nSPS) is 10.1. The van der Waals surface area contributed by atoms with Gasteiger partial charge < -0.3 is 21.1 Å². The number of amides is 3. The zero-order valence-corrected chi connectivity index (χ0v) is 14.8. The molecular weight excluding hydrogens is 398 g/mol. The minimum Gasteiger partial charge on any atom is -0.395 e. The Kier molecular flexibility index (Phi) is 6.60. The lowest BCUT2D eigenvalue weighted by molar-refractivity contribution is 0.0945. The lowest BCUT2D eigenvalue weighted by atomic mass is 10.1. The Morgan fingerprint density at radius 1 is 1.12 bits per heavy atom. The van der Waals surface area contributed by atoms with E-state index < -0.39 is 11.9 Å². The van der Waals surface area contributed by atoms with E-state index >= 15 is 0 Å². The van der Waals surface area contributed by atoms with Crippen molar-refractivity contribution in [2.75, 3.05) is 23.8 Å². The fourth-order valence-electron chi connectivity index (χ4n) is 1.93. The van der Waals surface area contributed by atoms with Gasteiger partial charge in [0, 0.05) is 21.7 Å². The first-order chi connectivity index (χ1) is 11.5. The van der Waals surface area contributed by atoms with E-state index in [2.05, 4.69) is 31.9 Å². The van der Waals surface area contributed by atoms with Gasteiger partial charge in [0.2, 0.25) is 0 Å². The molecule has 0 bridgehead atoms. The molecule has 0 saturated carbocycles. The Hall–Kier alpha value is -2.09. The number of anilines is 2. The van der Waals surface area contributed by atoms with Gasteiger partial charge in [0.25, 0.3) is 5.91 Å². The van der Waals surface area contributed by atoms with Gasteiger partial charge in [0.15, 0.2) is 0 Å². The maximum absolute atomic E-state index is 12.1. The monoisotopic (exact) mass is 411 g/mol. The number of carbonyl (C=O) groups is 2. The number of hydrogen-bond donors (Lipinski definition) is 4. The van der Waals surface area contributed by atoms with E-state index in [1.54, 1.807) is 42.5 Å².